The molecule has 8 heteroatoms. The molecule has 0 saturated carbocycles. The Morgan fingerprint density at radius 3 is 2.50 bits per heavy atom. The molecule has 0 bridgehead atoms. The Balaban J connectivity index is 1.63. The second-order valence-electron chi connectivity index (χ2n) is 6.49. The van der Waals surface area contributed by atoms with Crippen molar-refractivity contribution in [3.05, 3.63) is 86.6 Å². The predicted octanol–water partition coefficient (Wildman–Crippen LogP) is 4.66. The first kappa shape index (κ1) is 21.3. The van der Waals surface area contributed by atoms with E-state index in [1.807, 2.05) is 41.8 Å². The zero-order chi connectivity index (χ0) is 21.3. The Bertz CT molecular complexity index is 973. The molecule has 0 aliphatic rings. The summed E-state index contributed by atoms with van der Waals surface area (Å²) in [7, 11) is 1.61. The van der Waals surface area contributed by atoms with Gasteiger partial charge in [0.05, 0.1) is 31.6 Å². The van der Waals surface area contributed by atoms with Crippen molar-refractivity contribution in [1.82, 2.24) is 4.90 Å². The van der Waals surface area contributed by atoms with Crippen molar-refractivity contribution in [1.29, 1.82) is 0 Å². The van der Waals surface area contributed by atoms with Crippen molar-refractivity contribution in [3.63, 3.8) is 0 Å². The summed E-state index contributed by atoms with van der Waals surface area (Å²) < 4.78 is 11.0. The Kier molecular flexibility index (Phi) is 7.40. The normalized spacial score (nSPS) is 10.4. The van der Waals surface area contributed by atoms with Crippen LogP contribution in [0.25, 0.3) is 0 Å². The lowest BCUT2D eigenvalue weighted by molar-refractivity contribution is -0.384. The van der Waals surface area contributed by atoms with Crippen LogP contribution < -0.4 is 9.47 Å². The molecule has 7 nitrogen and oxygen atoms in total. The number of ether oxygens (including phenoxy) is 2. The van der Waals surface area contributed by atoms with Crippen molar-refractivity contribution in [2.45, 2.75) is 19.5 Å². The summed E-state index contributed by atoms with van der Waals surface area (Å²) in [5.74, 6) is 1.18. The standard InChI is InChI=1S/C22H22N2O5S/c1-28-21-7-3-2-5-17(21)15-23(16-20-6-4-14-30-20)22(25)12-13-29-19-10-8-18(9-11-19)24(26)27/h2-11,14H,12-13,15-16H2,1H3. The number of nitrogens with zero attached hydrogens (tertiary/aromatic N) is 2. The molecule has 0 aliphatic heterocycles. The highest BCUT2D eigenvalue weighted by molar-refractivity contribution is 7.09. The van der Waals surface area contributed by atoms with Crippen LogP contribution in [-0.2, 0) is 17.9 Å². The van der Waals surface area contributed by atoms with Crippen molar-refractivity contribution in [2.24, 2.45) is 0 Å². The van der Waals surface area contributed by atoms with Crippen LogP contribution in [0.4, 0.5) is 5.69 Å². The van der Waals surface area contributed by atoms with Crippen LogP contribution in [-0.4, -0.2) is 29.4 Å². The van der Waals surface area contributed by atoms with E-state index in [4.69, 9.17) is 9.47 Å². The van der Waals surface area contributed by atoms with Gasteiger partial charge < -0.3 is 14.4 Å². The summed E-state index contributed by atoms with van der Waals surface area (Å²) in [5.41, 5.74) is 0.929. The number of carbonyl (C=O) groups excluding carboxylic acids is 1. The molecule has 0 radical (unpaired) electrons. The summed E-state index contributed by atoms with van der Waals surface area (Å²) in [6.45, 7) is 1.12. The van der Waals surface area contributed by atoms with Gasteiger partial charge in [0.2, 0.25) is 5.91 Å². The minimum atomic E-state index is -0.465. The molecule has 0 spiro atoms. The van der Waals surface area contributed by atoms with Crippen molar-refractivity contribution >= 4 is 22.9 Å². The number of para-hydroxylation sites is 1. The Hall–Kier alpha value is -3.39. The number of nitro benzene ring substituents is 1. The zero-order valence-corrected chi connectivity index (χ0v) is 17.3. The molecule has 30 heavy (non-hydrogen) atoms. The lowest BCUT2D eigenvalue weighted by Gasteiger charge is -2.23. The van der Waals surface area contributed by atoms with E-state index >= 15 is 0 Å². The quantitative estimate of drug-likeness (QED) is 0.348. The number of benzene rings is 2. The van der Waals surface area contributed by atoms with E-state index in [0.717, 1.165) is 16.2 Å². The van der Waals surface area contributed by atoms with E-state index in [-0.39, 0.29) is 24.6 Å². The van der Waals surface area contributed by atoms with E-state index in [2.05, 4.69) is 0 Å². The highest BCUT2D eigenvalue weighted by Gasteiger charge is 2.17. The number of hydrogen-bond acceptors (Lipinski definition) is 6. The van der Waals surface area contributed by atoms with Gasteiger partial charge in [-0.25, -0.2) is 0 Å². The molecular formula is C22H22N2O5S. The van der Waals surface area contributed by atoms with Crippen LogP contribution >= 0.6 is 11.3 Å². The van der Waals surface area contributed by atoms with Crippen molar-refractivity contribution in [2.75, 3.05) is 13.7 Å². The second kappa shape index (κ2) is 10.4. The molecule has 2 aromatic carbocycles. The fourth-order valence-corrected chi connectivity index (χ4v) is 3.66. The van der Waals surface area contributed by atoms with E-state index in [0.29, 0.717) is 18.8 Å². The Morgan fingerprint density at radius 1 is 1.07 bits per heavy atom. The maximum absolute atomic E-state index is 12.9. The smallest absolute Gasteiger partial charge is 0.269 e. The van der Waals surface area contributed by atoms with Crippen LogP contribution in [0.1, 0.15) is 16.9 Å². The van der Waals surface area contributed by atoms with E-state index < -0.39 is 4.92 Å². The largest absolute Gasteiger partial charge is 0.496 e. The van der Waals surface area contributed by atoms with Gasteiger partial charge >= 0.3 is 0 Å². The van der Waals surface area contributed by atoms with Gasteiger partial charge in [-0.1, -0.05) is 24.3 Å². The average Bonchev–Trinajstić information content (AvgIpc) is 3.27. The highest BCUT2D eigenvalue weighted by Crippen LogP contribution is 2.22. The number of thiophene rings is 1. The summed E-state index contributed by atoms with van der Waals surface area (Å²) >= 11 is 1.60. The third kappa shape index (κ3) is 5.81. The lowest BCUT2D eigenvalue weighted by atomic mass is 10.1. The van der Waals surface area contributed by atoms with E-state index in [1.54, 1.807) is 23.3 Å². The minimum Gasteiger partial charge on any atom is -0.496 e. The maximum atomic E-state index is 12.9. The van der Waals surface area contributed by atoms with Gasteiger partial charge in [0.25, 0.3) is 5.69 Å². The number of hydrogen-bond donors (Lipinski definition) is 0. The van der Waals surface area contributed by atoms with Crippen LogP contribution in [0, 0.1) is 10.1 Å². The lowest BCUT2D eigenvalue weighted by Crippen LogP contribution is -2.31. The first-order chi connectivity index (χ1) is 14.6. The SMILES string of the molecule is COc1ccccc1CN(Cc1cccs1)C(=O)CCOc1ccc([N+](=O)[O-])cc1. The third-order valence-corrected chi connectivity index (χ3v) is 5.33. The number of amides is 1. The average molecular weight is 426 g/mol. The summed E-state index contributed by atoms with van der Waals surface area (Å²) in [5, 5.41) is 12.7. The van der Waals surface area contributed by atoms with Gasteiger partial charge in [-0.15, -0.1) is 11.3 Å². The van der Waals surface area contributed by atoms with Crippen molar-refractivity contribution in [3.8, 4) is 11.5 Å². The Morgan fingerprint density at radius 2 is 1.83 bits per heavy atom. The number of carbonyl (C=O) groups is 1. The molecular weight excluding hydrogens is 404 g/mol. The molecule has 0 aliphatic carbocycles. The number of non-ortho nitro benzene ring substituents is 1. The molecule has 1 heterocycles. The Labute approximate surface area is 178 Å². The monoisotopic (exact) mass is 426 g/mol. The van der Waals surface area contributed by atoms with Gasteiger partial charge in [0.15, 0.2) is 0 Å². The van der Waals surface area contributed by atoms with Crippen molar-refractivity contribution < 1.29 is 19.2 Å². The summed E-state index contributed by atoms with van der Waals surface area (Å²) in [4.78, 5) is 26.1. The van der Waals surface area contributed by atoms with Crippen LogP contribution in [0.5, 0.6) is 11.5 Å². The molecule has 0 saturated heterocycles. The molecule has 0 N–H and O–H groups in total. The summed E-state index contributed by atoms with van der Waals surface area (Å²) in [6, 6.07) is 17.4. The van der Waals surface area contributed by atoms with Gasteiger partial charge in [-0.2, -0.15) is 0 Å². The third-order valence-electron chi connectivity index (χ3n) is 4.47. The number of rotatable bonds is 10. The molecule has 0 atom stereocenters. The molecule has 1 aromatic heterocycles. The fourth-order valence-electron chi connectivity index (χ4n) is 2.94. The molecule has 3 rings (SSSR count). The topological polar surface area (TPSA) is 81.9 Å². The van der Waals surface area contributed by atoms with E-state index in [1.165, 1.54) is 24.3 Å². The maximum Gasteiger partial charge on any atom is 0.269 e. The zero-order valence-electron chi connectivity index (χ0n) is 16.5. The number of methoxy groups -OCH3 is 1. The molecule has 156 valence electrons. The highest BCUT2D eigenvalue weighted by atomic mass is 32.1. The molecule has 3 aromatic rings. The van der Waals surface area contributed by atoms with Gasteiger partial charge in [-0.3, -0.25) is 14.9 Å². The fraction of sp³-hybridized carbons (Fsp3) is 0.227. The van der Waals surface area contributed by atoms with Gasteiger partial charge in [-0.05, 0) is 29.6 Å². The van der Waals surface area contributed by atoms with Crippen LogP contribution in [0.15, 0.2) is 66.0 Å². The van der Waals surface area contributed by atoms with Crippen LogP contribution in [0.2, 0.25) is 0 Å². The predicted molar refractivity (Wildman–Crippen MR) is 115 cm³/mol. The molecule has 0 unspecified atom stereocenters. The first-order valence-electron chi connectivity index (χ1n) is 9.36. The first-order valence-corrected chi connectivity index (χ1v) is 10.2. The molecule has 1 amide bonds. The number of nitro groups is 1. The molecule has 0 fully saturated rings. The van der Waals surface area contributed by atoms with E-state index in [9.17, 15) is 14.9 Å². The second-order valence-corrected chi connectivity index (χ2v) is 7.52. The summed E-state index contributed by atoms with van der Waals surface area (Å²) in [6.07, 6.45) is 0.192. The minimum absolute atomic E-state index is 0.00245. The van der Waals surface area contributed by atoms with Gasteiger partial charge in [0, 0.05) is 29.1 Å². The van der Waals surface area contributed by atoms with Gasteiger partial charge in [0.1, 0.15) is 11.5 Å². The van der Waals surface area contributed by atoms with Crippen LogP contribution in [0.3, 0.4) is 0 Å².